The smallest absolute Gasteiger partial charge is 0.262 e. The molecule has 0 aliphatic carbocycles. The Morgan fingerprint density at radius 3 is 2.92 bits per heavy atom. The molecule has 196 valence electrons. The Morgan fingerprint density at radius 1 is 1.26 bits per heavy atom. The van der Waals surface area contributed by atoms with Gasteiger partial charge >= 0.3 is 0 Å². The van der Waals surface area contributed by atoms with E-state index in [1.54, 1.807) is 12.1 Å². The van der Waals surface area contributed by atoms with Gasteiger partial charge in [0.1, 0.15) is 22.8 Å². The SMILES string of the molecule is COc1ccc2ncc(F)c(C(O)CN3CCC(n4cc(-c5ccc6c(c5)NC(=O)CO6)nn4)CC3)c2n1. The van der Waals surface area contributed by atoms with E-state index in [0.29, 0.717) is 47.1 Å². The Morgan fingerprint density at radius 2 is 2.11 bits per heavy atom. The summed E-state index contributed by atoms with van der Waals surface area (Å²) in [5, 5.41) is 22.5. The van der Waals surface area contributed by atoms with Gasteiger partial charge in [-0.05, 0) is 37.1 Å². The van der Waals surface area contributed by atoms with Crippen LogP contribution in [-0.2, 0) is 4.79 Å². The van der Waals surface area contributed by atoms with Crippen molar-refractivity contribution in [2.24, 2.45) is 0 Å². The summed E-state index contributed by atoms with van der Waals surface area (Å²) in [7, 11) is 1.49. The fourth-order valence-corrected chi connectivity index (χ4v) is 5.01. The third-order valence-electron chi connectivity index (χ3n) is 7.00. The lowest BCUT2D eigenvalue weighted by Gasteiger charge is -2.33. The number of ether oxygens (including phenoxy) is 2. The van der Waals surface area contributed by atoms with E-state index < -0.39 is 11.9 Å². The summed E-state index contributed by atoms with van der Waals surface area (Å²) >= 11 is 0. The molecule has 1 atom stereocenters. The Balaban J connectivity index is 1.11. The van der Waals surface area contributed by atoms with Crippen LogP contribution in [0.5, 0.6) is 11.6 Å². The Labute approximate surface area is 217 Å². The van der Waals surface area contributed by atoms with Crippen molar-refractivity contribution in [3.8, 4) is 22.9 Å². The third-order valence-corrected chi connectivity index (χ3v) is 7.00. The maximum atomic E-state index is 14.7. The van der Waals surface area contributed by atoms with Gasteiger partial charge in [0, 0.05) is 36.8 Å². The van der Waals surface area contributed by atoms with Crippen LogP contribution in [0.2, 0.25) is 0 Å². The first kappa shape index (κ1) is 24.2. The summed E-state index contributed by atoms with van der Waals surface area (Å²) in [6.45, 7) is 1.70. The molecule has 2 aliphatic rings. The first-order valence-corrected chi connectivity index (χ1v) is 12.4. The largest absolute Gasteiger partial charge is 0.482 e. The molecule has 38 heavy (non-hydrogen) atoms. The van der Waals surface area contributed by atoms with Crippen LogP contribution in [0.3, 0.4) is 0 Å². The van der Waals surface area contributed by atoms with E-state index in [0.717, 1.165) is 24.6 Å². The van der Waals surface area contributed by atoms with E-state index in [1.165, 1.54) is 7.11 Å². The monoisotopic (exact) mass is 519 g/mol. The Bertz CT molecular complexity index is 1500. The summed E-state index contributed by atoms with van der Waals surface area (Å²) in [5.74, 6) is 0.180. The molecule has 12 heteroatoms. The molecular weight excluding hydrogens is 493 g/mol. The van der Waals surface area contributed by atoms with E-state index in [9.17, 15) is 14.3 Å². The van der Waals surface area contributed by atoms with Gasteiger partial charge in [0.05, 0.1) is 42.9 Å². The summed E-state index contributed by atoms with van der Waals surface area (Å²) in [6, 6.07) is 9.03. The minimum Gasteiger partial charge on any atom is -0.482 e. The highest BCUT2D eigenvalue weighted by atomic mass is 19.1. The average molecular weight is 520 g/mol. The minimum atomic E-state index is -1.07. The number of aromatic nitrogens is 5. The lowest BCUT2D eigenvalue weighted by molar-refractivity contribution is -0.118. The molecule has 11 nitrogen and oxygen atoms in total. The minimum absolute atomic E-state index is 0.0119. The molecule has 6 rings (SSSR count). The molecule has 4 aromatic rings. The normalized spacial score (nSPS) is 17.1. The molecule has 1 unspecified atom stereocenters. The van der Waals surface area contributed by atoms with Crippen molar-refractivity contribution < 1.29 is 23.8 Å². The Kier molecular flexibility index (Phi) is 6.34. The van der Waals surface area contributed by atoms with E-state index in [4.69, 9.17) is 9.47 Å². The van der Waals surface area contributed by atoms with Crippen molar-refractivity contribution in [3.63, 3.8) is 0 Å². The number of fused-ring (bicyclic) bond motifs is 2. The third kappa shape index (κ3) is 4.63. The van der Waals surface area contributed by atoms with E-state index in [1.807, 2.05) is 29.1 Å². The highest BCUT2D eigenvalue weighted by Crippen LogP contribution is 2.33. The van der Waals surface area contributed by atoms with Crippen LogP contribution in [0, 0.1) is 5.82 Å². The molecule has 3 aromatic heterocycles. The topological polar surface area (TPSA) is 128 Å². The molecular formula is C26H26FN7O4. The van der Waals surface area contributed by atoms with Crippen molar-refractivity contribution in [2.75, 3.05) is 38.7 Å². The van der Waals surface area contributed by atoms with E-state index >= 15 is 0 Å². The number of likely N-dealkylation sites (tertiary alicyclic amines) is 1. The number of hydrogen-bond acceptors (Lipinski definition) is 9. The summed E-state index contributed by atoms with van der Waals surface area (Å²) in [4.78, 5) is 22.2. The number of carbonyl (C=O) groups excluding carboxylic acids is 1. The number of carbonyl (C=O) groups is 1. The molecule has 1 aromatic carbocycles. The number of halogens is 1. The second-order valence-corrected chi connectivity index (χ2v) is 9.42. The molecule has 2 N–H and O–H groups in total. The van der Waals surface area contributed by atoms with Gasteiger partial charge in [0.25, 0.3) is 5.91 Å². The fourth-order valence-electron chi connectivity index (χ4n) is 5.01. The van der Waals surface area contributed by atoms with Crippen LogP contribution >= 0.6 is 0 Å². The van der Waals surface area contributed by atoms with Crippen LogP contribution in [0.15, 0.2) is 42.7 Å². The number of piperidine rings is 1. The van der Waals surface area contributed by atoms with Crippen molar-refractivity contribution in [3.05, 3.63) is 54.1 Å². The second-order valence-electron chi connectivity index (χ2n) is 9.42. The quantitative estimate of drug-likeness (QED) is 0.395. The second kappa shape index (κ2) is 9.95. The maximum absolute atomic E-state index is 14.7. The van der Waals surface area contributed by atoms with Crippen molar-refractivity contribution in [2.45, 2.75) is 25.0 Å². The molecule has 0 radical (unpaired) electrons. The molecule has 0 bridgehead atoms. The van der Waals surface area contributed by atoms with Crippen molar-refractivity contribution in [1.82, 2.24) is 29.9 Å². The summed E-state index contributed by atoms with van der Waals surface area (Å²) < 4.78 is 27.2. The number of nitrogens with zero attached hydrogens (tertiary/aromatic N) is 6. The van der Waals surface area contributed by atoms with Gasteiger partial charge in [-0.1, -0.05) is 5.21 Å². The number of β-amino-alcohol motifs (C(OH)–C–C–N with tert-alkyl or cyclic N) is 1. The van der Waals surface area contributed by atoms with Crippen LogP contribution in [-0.4, -0.2) is 74.2 Å². The number of benzene rings is 1. The number of hydrogen-bond donors (Lipinski definition) is 2. The molecule has 0 saturated carbocycles. The van der Waals surface area contributed by atoms with Gasteiger partial charge in [-0.3, -0.25) is 9.78 Å². The van der Waals surface area contributed by atoms with Crippen LogP contribution < -0.4 is 14.8 Å². The number of anilines is 1. The molecule has 0 spiro atoms. The molecule has 5 heterocycles. The predicted octanol–water partition coefficient (Wildman–Crippen LogP) is 2.74. The number of pyridine rings is 2. The van der Waals surface area contributed by atoms with Crippen LogP contribution in [0.4, 0.5) is 10.1 Å². The highest BCUT2D eigenvalue weighted by molar-refractivity contribution is 5.96. The zero-order valence-corrected chi connectivity index (χ0v) is 20.7. The molecule has 1 saturated heterocycles. The van der Waals surface area contributed by atoms with E-state index in [-0.39, 0.29) is 30.7 Å². The number of nitrogens with one attached hydrogen (secondary N) is 1. The van der Waals surface area contributed by atoms with Gasteiger partial charge in [-0.2, -0.15) is 0 Å². The lowest BCUT2D eigenvalue weighted by atomic mass is 10.0. The van der Waals surface area contributed by atoms with Gasteiger partial charge < -0.3 is 24.8 Å². The van der Waals surface area contributed by atoms with Gasteiger partial charge in [0.2, 0.25) is 5.88 Å². The highest BCUT2D eigenvalue weighted by Gasteiger charge is 2.26. The summed E-state index contributed by atoms with van der Waals surface area (Å²) in [5.41, 5.74) is 3.08. The average Bonchev–Trinajstić information content (AvgIpc) is 3.43. The zero-order chi connectivity index (χ0) is 26.2. The maximum Gasteiger partial charge on any atom is 0.262 e. The number of rotatable bonds is 6. The zero-order valence-electron chi connectivity index (χ0n) is 20.7. The first-order chi connectivity index (χ1) is 18.5. The number of aliphatic hydroxyl groups excluding tert-OH is 1. The first-order valence-electron chi connectivity index (χ1n) is 12.4. The van der Waals surface area contributed by atoms with Crippen molar-refractivity contribution >= 4 is 22.6 Å². The van der Waals surface area contributed by atoms with Gasteiger partial charge in [-0.15, -0.1) is 5.10 Å². The van der Waals surface area contributed by atoms with Crippen LogP contribution in [0.1, 0.15) is 30.6 Å². The van der Waals surface area contributed by atoms with Crippen molar-refractivity contribution in [1.29, 1.82) is 0 Å². The molecule has 1 fully saturated rings. The molecule has 1 amide bonds. The number of methoxy groups -OCH3 is 1. The predicted molar refractivity (Wildman–Crippen MR) is 135 cm³/mol. The van der Waals surface area contributed by atoms with E-state index in [2.05, 4.69) is 30.5 Å². The van der Waals surface area contributed by atoms with Gasteiger partial charge in [-0.25, -0.2) is 14.1 Å². The summed E-state index contributed by atoms with van der Waals surface area (Å²) in [6.07, 6.45) is 3.56. The standard InChI is InChI=1S/C26H26FN7O4/c1-37-24-5-3-18-26(30-24)25(17(27)11-28-18)21(35)13-33-8-6-16(7-9-33)34-12-20(31-32-34)15-2-4-22-19(10-15)29-23(36)14-38-22/h2-5,10-12,16,21,35H,6-9,13-14H2,1H3,(H,29,36). The lowest BCUT2D eigenvalue weighted by Crippen LogP contribution is -2.37. The number of aliphatic hydroxyl groups is 1. The van der Waals surface area contributed by atoms with Gasteiger partial charge in [0.15, 0.2) is 6.61 Å². The fraction of sp³-hybridized carbons (Fsp3) is 0.346. The molecule has 2 aliphatic heterocycles. The van der Waals surface area contributed by atoms with Crippen LogP contribution in [0.25, 0.3) is 22.3 Å². The number of amides is 1. The Hall–Kier alpha value is -4.16.